The van der Waals surface area contributed by atoms with E-state index in [0.717, 1.165) is 66.5 Å². The highest BCUT2D eigenvalue weighted by atomic mass is 16.3. The fourth-order valence-corrected chi connectivity index (χ4v) is 8.74. The number of fused-ring (bicyclic) bond motifs is 7. The Labute approximate surface area is 319 Å². The second-order valence-electron chi connectivity index (χ2n) is 14.7. The molecule has 1 unspecified atom stereocenters. The quantitative estimate of drug-likeness (QED) is 0.179. The van der Waals surface area contributed by atoms with Gasteiger partial charge in [0.1, 0.15) is 11.2 Å². The molecule has 0 amide bonds. The molecule has 3 heteroatoms. The zero-order chi connectivity index (χ0) is 36.5. The number of aromatic nitrogens is 2. The maximum atomic E-state index is 6.38. The number of hydrogen-bond acceptors (Lipinski definition) is 3. The molecule has 2 aromatic heterocycles. The molecule has 1 aliphatic carbocycles. The van der Waals surface area contributed by atoms with Crippen LogP contribution in [0.3, 0.4) is 0 Å². The van der Waals surface area contributed by atoms with Crippen LogP contribution in [0.4, 0.5) is 0 Å². The van der Waals surface area contributed by atoms with Gasteiger partial charge in [0.05, 0.1) is 11.4 Å². The van der Waals surface area contributed by atoms with E-state index in [1.165, 1.54) is 33.2 Å². The van der Waals surface area contributed by atoms with Gasteiger partial charge in [0, 0.05) is 38.4 Å². The zero-order valence-corrected chi connectivity index (χ0v) is 30.2. The number of hydrogen-bond donors (Lipinski definition) is 0. The molecule has 0 fully saturated rings. The molecule has 0 bridgehead atoms. The van der Waals surface area contributed by atoms with Crippen LogP contribution in [0, 0.1) is 0 Å². The number of para-hydroxylation sites is 2. The maximum Gasteiger partial charge on any atom is 0.160 e. The van der Waals surface area contributed by atoms with Crippen molar-refractivity contribution in [1.82, 2.24) is 9.97 Å². The van der Waals surface area contributed by atoms with Crippen LogP contribution in [0.25, 0.3) is 88.9 Å². The van der Waals surface area contributed by atoms with E-state index in [4.69, 9.17) is 14.4 Å². The fourth-order valence-electron chi connectivity index (χ4n) is 8.74. The van der Waals surface area contributed by atoms with Gasteiger partial charge < -0.3 is 4.42 Å². The van der Waals surface area contributed by atoms with Gasteiger partial charge in [-0.2, -0.15) is 0 Å². The summed E-state index contributed by atoms with van der Waals surface area (Å²) in [5, 5.41) is 4.61. The molecule has 3 nitrogen and oxygen atoms in total. The topological polar surface area (TPSA) is 38.9 Å². The van der Waals surface area contributed by atoms with Gasteiger partial charge in [0.15, 0.2) is 5.82 Å². The third-order valence-electron chi connectivity index (χ3n) is 11.6. The first-order valence-electron chi connectivity index (χ1n) is 18.8. The molecular formula is C52H34N2O. The van der Waals surface area contributed by atoms with Gasteiger partial charge in [-0.15, -0.1) is 0 Å². The molecule has 10 aromatic rings. The minimum Gasteiger partial charge on any atom is -0.455 e. The van der Waals surface area contributed by atoms with Crippen molar-refractivity contribution in [3.63, 3.8) is 0 Å². The van der Waals surface area contributed by atoms with Crippen molar-refractivity contribution in [2.45, 2.75) is 12.3 Å². The molecule has 0 aliphatic heterocycles. The van der Waals surface area contributed by atoms with Crippen molar-refractivity contribution in [1.29, 1.82) is 0 Å². The average molecular weight is 703 g/mol. The Morgan fingerprint density at radius 3 is 1.93 bits per heavy atom. The van der Waals surface area contributed by atoms with Crippen LogP contribution < -0.4 is 0 Å². The summed E-state index contributed by atoms with van der Waals surface area (Å²) in [7, 11) is 0. The molecule has 1 aliphatic rings. The van der Waals surface area contributed by atoms with E-state index in [2.05, 4.69) is 183 Å². The predicted molar refractivity (Wildman–Crippen MR) is 226 cm³/mol. The van der Waals surface area contributed by atoms with Gasteiger partial charge in [0.2, 0.25) is 0 Å². The summed E-state index contributed by atoms with van der Waals surface area (Å²) in [4.78, 5) is 10.5. The Kier molecular flexibility index (Phi) is 6.99. The maximum absolute atomic E-state index is 6.38. The van der Waals surface area contributed by atoms with Crippen molar-refractivity contribution in [2.24, 2.45) is 0 Å². The highest BCUT2D eigenvalue weighted by molar-refractivity contribution is 6.09. The lowest BCUT2D eigenvalue weighted by Crippen LogP contribution is -2.22. The minimum absolute atomic E-state index is 0.257. The third-order valence-corrected chi connectivity index (χ3v) is 11.6. The molecule has 0 radical (unpaired) electrons. The van der Waals surface area contributed by atoms with Crippen LogP contribution in [-0.2, 0) is 5.41 Å². The van der Waals surface area contributed by atoms with E-state index in [9.17, 15) is 0 Å². The first-order valence-corrected chi connectivity index (χ1v) is 18.8. The monoisotopic (exact) mass is 702 g/mol. The predicted octanol–water partition coefficient (Wildman–Crippen LogP) is 13.5. The number of furan rings is 1. The van der Waals surface area contributed by atoms with E-state index >= 15 is 0 Å². The van der Waals surface area contributed by atoms with Crippen LogP contribution in [0.15, 0.2) is 192 Å². The largest absolute Gasteiger partial charge is 0.455 e. The number of nitrogens with zero attached hydrogens (tertiary/aromatic N) is 2. The first kappa shape index (κ1) is 31.4. The van der Waals surface area contributed by atoms with Crippen LogP contribution >= 0.6 is 0 Å². The summed E-state index contributed by atoms with van der Waals surface area (Å²) in [6.07, 6.45) is 0. The Hall–Kier alpha value is -7.10. The van der Waals surface area contributed by atoms with Crippen molar-refractivity contribution in [3.05, 3.63) is 205 Å². The fraction of sp³-hybridized carbons (Fsp3) is 0.0385. The zero-order valence-electron chi connectivity index (χ0n) is 30.2. The van der Waals surface area contributed by atoms with Gasteiger partial charge in [-0.3, -0.25) is 0 Å². The average Bonchev–Trinajstić information content (AvgIpc) is 3.77. The molecule has 0 saturated heterocycles. The van der Waals surface area contributed by atoms with Crippen molar-refractivity contribution >= 4 is 32.7 Å². The van der Waals surface area contributed by atoms with Gasteiger partial charge >= 0.3 is 0 Å². The summed E-state index contributed by atoms with van der Waals surface area (Å²) >= 11 is 0. The molecule has 0 saturated carbocycles. The second-order valence-corrected chi connectivity index (χ2v) is 14.7. The molecule has 8 aromatic carbocycles. The number of benzene rings is 8. The van der Waals surface area contributed by atoms with E-state index in [1.54, 1.807) is 0 Å². The summed E-state index contributed by atoms with van der Waals surface area (Å²) in [6, 6.07) is 66.9. The lowest BCUT2D eigenvalue weighted by Gasteiger charge is -2.28. The van der Waals surface area contributed by atoms with Crippen LogP contribution in [0.5, 0.6) is 0 Å². The molecular weight excluding hydrogens is 669 g/mol. The van der Waals surface area contributed by atoms with Crippen LogP contribution in [-0.4, -0.2) is 9.97 Å². The molecule has 0 N–H and O–H groups in total. The Bertz CT molecular complexity index is 3110. The molecule has 258 valence electrons. The van der Waals surface area contributed by atoms with E-state index in [1.807, 2.05) is 12.1 Å². The standard InChI is InChI=1S/C52H34N2O/c1-52(39-14-3-2-4-15-39)45-20-9-7-16-41(45)44-31-37(28-29-46(44)52)48-32-47(53-51(54-48)38-27-22-33-12-5-6-13-36(33)30-38)35-25-23-34(24-26-35)40-18-11-19-43-42-17-8-10-21-49(42)55-50(40)43/h2-32H,1H3. The minimum atomic E-state index is -0.257. The molecule has 2 heterocycles. The summed E-state index contributed by atoms with van der Waals surface area (Å²) in [6.45, 7) is 2.35. The Morgan fingerprint density at radius 1 is 0.418 bits per heavy atom. The van der Waals surface area contributed by atoms with Crippen molar-refractivity contribution in [2.75, 3.05) is 0 Å². The smallest absolute Gasteiger partial charge is 0.160 e. The molecule has 55 heavy (non-hydrogen) atoms. The molecule has 0 spiro atoms. The van der Waals surface area contributed by atoms with Gasteiger partial charge in [0.25, 0.3) is 0 Å². The summed E-state index contributed by atoms with van der Waals surface area (Å²) < 4.78 is 6.38. The van der Waals surface area contributed by atoms with Crippen LogP contribution in [0.2, 0.25) is 0 Å². The molecule has 11 rings (SSSR count). The van der Waals surface area contributed by atoms with Crippen molar-refractivity contribution in [3.8, 4) is 56.2 Å². The first-order chi connectivity index (χ1) is 27.1. The van der Waals surface area contributed by atoms with E-state index in [-0.39, 0.29) is 5.41 Å². The lowest BCUT2D eigenvalue weighted by atomic mass is 9.74. The van der Waals surface area contributed by atoms with Gasteiger partial charge in [-0.25, -0.2) is 9.97 Å². The third kappa shape index (κ3) is 4.97. The second kappa shape index (κ2) is 12.2. The summed E-state index contributed by atoms with van der Waals surface area (Å²) in [5.74, 6) is 0.699. The van der Waals surface area contributed by atoms with Crippen LogP contribution in [0.1, 0.15) is 23.6 Å². The lowest BCUT2D eigenvalue weighted by molar-refractivity contribution is 0.670. The Morgan fingerprint density at radius 2 is 1.05 bits per heavy atom. The highest BCUT2D eigenvalue weighted by Crippen LogP contribution is 2.53. The van der Waals surface area contributed by atoms with Crippen molar-refractivity contribution < 1.29 is 4.42 Å². The van der Waals surface area contributed by atoms with Gasteiger partial charge in [-0.05, 0) is 75.3 Å². The van der Waals surface area contributed by atoms with E-state index in [0.29, 0.717) is 5.82 Å². The normalized spacial score (nSPS) is 14.7. The SMILES string of the molecule is CC1(c2ccccc2)c2ccccc2-c2cc(-c3cc(-c4ccc(-c5cccc6c5oc5ccccc56)cc4)nc(-c4ccc5ccccc5c4)n3)ccc21. The Balaban J connectivity index is 1.06. The number of rotatable bonds is 5. The highest BCUT2D eigenvalue weighted by Gasteiger charge is 2.40. The molecule has 1 atom stereocenters. The summed E-state index contributed by atoms with van der Waals surface area (Å²) in [5.41, 5.74) is 15.0. The van der Waals surface area contributed by atoms with E-state index < -0.39 is 0 Å². The van der Waals surface area contributed by atoms with Gasteiger partial charge in [-0.1, -0.05) is 164 Å².